The predicted octanol–water partition coefficient (Wildman–Crippen LogP) is 2.08. The molecule has 6 nitrogen and oxygen atoms in total. The minimum atomic E-state index is -3.89. The average Bonchev–Trinajstić information content (AvgIpc) is 2.30. The van der Waals surface area contributed by atoms with Crippen LogP contribution in [-0.4, -0.2) is 22.6 Å². The van der Waals surface area contributed by atoms with E-state index in [9.17, 15) is 16.8 Å². The number of aryl methyl sites for hydroxylation is 1. The molecule has 0 fully saturated rings. The summed E-state index contributed by atoms with van der Waals surface area (Å²) < 4.78 is 48.9. The van der Waals surface area contributed by atoms with E-state index in [4.69, 9.17) is 16.7 Å². The Labute approximate surface area is 130 Å². The minimum absolute atomic E-state index is 0.00727. The number of benzene rings is 1. The third-order valence-electron chi connectivity index (χ3n) is 2.81. The highest BCUT2D eigenvalue weighted by atomic mass is 35.5. The normalized spacial score (nSPS) is 12.7. The van der Waals surface area contributed by atoms with E-state index in [1.165, 1.54) is 6.07 Å². The van der Waals surface area contributed by atoms with Gasteiger partial charge in [0, 0.05) is 0 Å². The summed E-state index contributed by atoms with van der Waals surface area (Å²) >= 11 is 5.96. The molecule has 0 saturated heterocycles. The van der Waals surface area contributed by atoms with E-state index in [0.717, 1.165) is 6.07 Å². The Bertz CT molecular complexity index is 705. The number of hydrogen-bond donors (Lipinski definition) is 2. The molecule has 0 amide bonds. The molecule has 0 bridgehead atoms. The molecular formula is C12H19ClN2O4S2. The molecule has 0 radical (unpaired) electrons. The van der Waals surface area contributed by atoms with E-state index >= 15 is 0 Å². The van der Waals surface area contributed by atoms with Gasteiger partial charge in [0.1, 0.15) is 0 Å². The fourth-order valence-electron chi connectivity index (χ4n) is 1.60. The lowest BCUT2D eigenvalue weighted by atomic mass is 10.2. The number of halogens is 1. The molecule has 1 aromatic carbocycles. The number of anilines is 1. The van der Waals surface area contributed by atoms with Gasteiger partial charge in [0.25, 0.3) is 0 Å². The number of sulfonamides is 2. The Morgan fingerprint density at radius 2 is 1.81 bits per heavy atom. The maximum Gasteiger partial charge on any atom is 0.238 e. The number of primary sulfonamides is 1. The molecule has 21 heavy (non-hydrogen) atoms. The molecule has 0 aliphatic carbocycles. The molecule has 0 saturated carbocycles. The molecule has 0 aliphatic rings. The molecule has 0 unspecified atom stereocenters. The van der Waals surface area contributed by atoms with Gasteiger partial charge >= 0.3 is 0 Å². The summed E-state index contributed by atoms with van der Waals surface area (Å²) in [6.07, 6.45) is 0.515. The maximum atomic E-state index is 12.0. The highest BCUT2D eigenvalue weighted by Crippen LogP contribution is 2.30. The third-order valence-corrected chi connectivity index (χ3v) is 5.29. The standard InChI is InChI=1S/C12H19ClN2O4S2/c1-8(2)4-5-20(16,17)15-12-9(3)6-10(7-11(12)13)21(14,18)19/h6-8,15H,4-5H2,1-3H3,(H2,14,18,19). The second-order valence-electron chi connectivity index (χ2n) is 5.25. The molecule has 0 aliphatic heterocycles. The summed E-state index contributed by atoms with van der Waals surface area (Å²) in [7, 11) is -7.43. The lowest BCUT2D eigenvalue weighted by Gasteiger charge is -2.14. The van der Waals surface area contributed by atoms with Crippen molar-refractivity contribution in [1.29, 1.82) is 0 Å². The first-order chi connectivity index (χ1) is 9.42. The molecule has 0 atom stereocenters. The highest BCUT2D eigenvalue weighted by Gasteiger charge is 2.18. The zero-order valence-corrected chi connectivity index (χ0v) is 14.4. The minimum Gasteiger partial charge on any atom is -0.282 e. The smallest absolute Gasteiger partial charge is 0.238 e. The number of rotatable bonds is 6. The van der Waals surface area contributed by atoms with Crippen molar-refractivity contribution >= 4 is 37.3 Å². The topological polar surface area (TPSA) is 106 Å². The van der Waals surface area contributed by atoms with Gasteiger partial charge in [0.05, 0.1) is 21.4 Å². The van der Waals surface area contributed by atoms with E-state index in [-0.39, 0.29) is 27.3 Å². The largest absolute Gasteiger partial charge is 0.282 e. The van der Waals surface area contributed by atoms with Crippen molar-refractivity contribution in [3.63, 3.8) is 0 Å². The van der Waals surface area contributed by atoms with E-state index in [2.05, 4.69) is 4.72 Å². The average molecular weight is 355 g/mol. The summed E-state index contributed by atoms with van der Waals surface area (Å²) in [5.41, 5.74) is 0.562. The fraction of sp³-hybridized carbons (Fsp3) is 0.500. The molecule has 0 spiro atoms. The van der Waals surface area contributed by atoms with Gasteiger partial charge in [-0.25, -0.2) is 22.0 Å². The monoisotopic (exact) mass is 354 g/mol. The molecular weight excluding hydrogens is 336 g/mol. The Balaban J connectivity index is 3.11. The Kier molecular flexibility index (Phi) is 5.65. The number of nitrogens with one attached hydrogen (secondary N) is 1. The lowest BCUT2D eigenvalue weighted by molar-refractivity contribution is 0.578. The predicted molar refractivity (Wildman–Crippen MR) is 84.4 cm³/mol. The summed E-state index contributed by atoms with van der Waals surface area (Å²) in [4.78, 5) is -0.157. The van der Waals surface area contributed by atoms with E-state index in [1.807, 2.05) is 13.8 Å². The van der Waals surface area contributed by atoms with Gasteiger partial charge in [-0.2, -0.15) is 0 Å². The lowest BCUT2D eigenvalue weighted by Crippen LogP contribution is -2.19. The molecule has 1 rings (SSSR count). The SMILES string of the molecule is Cc1cc(S(N)(=O)=O)cc(Cl)c1NS(=O)(=O)CCC(C)C. The van der Waals surface area contributed by atoms with Crippen molar-refractivity contribution in [2.45, 2.75) is 32.1 Å². The van der Waals surface area contributed by atoms with Crippen LogP contribution >= 0.6 is 11.6 Å². The number of hydrogen-bond acceptors (Lipinski definition) is 4. The summed E-state index contributed by atoms with van der Waals surface area (Å²) in [6, 6.07) is 2.41. The van der Waals surface area contributed by atoms with Crippen LogP contribution in [0.5, 0.6) is 0 Å². The van der Waals surface area contributed by atoms with Gasteiger partial charge < -0.3 is 0 Å². The molecule has 0 heterocycles. The van der Waals surface area contributed by atoms with Crippen molar-refractivity contribution in [2.24, 2.45) is 11.1 Å². The van der Waals surface area contributed by atoms with Crippen LogP contribution in [0.2, 0.25) is 5.02 Å². The first kappa shape index (κ1) is 18.2. The van der Waals surface area contributed by atoms with Crippen molar-refractivity contribution in [3.05, 3.63) is 22.7 Å². The molecule has 120 valence electrons. The van der Waals surface area contributed by atoms with Gasteiger partial charge in [0.2, 0.25) is 20.0 Å². The van der Waals surface area contributed by atoms with Crippen LogP contribution in [0.3, 0.4) is 0 Å². The quantitative estimate of drug-likeness (QED) is 0.815. The zero-order chi connectivity index (χ0) is 16.4. The van der Waals surface area contributed by atoms with Crippen LogP contribution in [0.1, 0.15) is 25.8 Å². The van der Waals surface area contributed by atoms with Crippen LogP contribution in [0, 0.1) is 12.8 Å². The fourth-order valence-corrected chi connectivity index (χ4v) is 4.13. The van der Waals surface area contributed by atoms with Gasteiger partial charge in [-0.05, 0) is 37.0 Å². The van der Waals surface area contributed by atoms with Crippen LogP contribution in [0.25, 0.3) is 0 Å². The van der Waals surface area contributed by atoms with E-state index < -0.39 is 20.0 Å². The van der Waals surface area contributed by atoms with Gasteiger partial charge in [0.15, 0.2) is 0 Å². The van der Waals surface area contributed by atoms with E-state index in [0.29, 0.717) is 12.0 Å². The molecule has 3 N–H and O–H groups in total. The van der Waals surface area contributed by atoms with Crippen LogP contribution in [0.4, 0.5) is 5.69 Å². The molecule has 9 heteroatoms. The van der Waals surface area contributed by atoms with Crippen molar-refractivity contribution in [3.8, 4) is 0 Å². The first-order valence-electron chi connectivity index (χ1n) is 6.26. The summed E-state index contributed by atoms with van der Waals surface area (Å²) in [6.45, 7) is 5.41. The van der Waals surface area contributed by atoms with Crippen molar-refractivity contribution in [2.75, 3.05) is 10.5 Å². The first-order valence-corrected chi connectivity index (χ1v) is 9.83. The summed E-state index contributed by atoms with van der Waals surface area (Å²) in [5, 5.41) is 5.02. The van der Waals surface area contributed by atoms with Gasteiger partial charge in [-0.3, -0.25) is 4.72 Å². The van der Waals surface area contributed by atoms with Crippen molar-refractivity contribution in [1.82, 2.24) is 0 Å². The second kappa shape index (κ2) is 6.51. The molecule has 0 aromatic heterocycles. The maximum absolute atomic E-state index is 12.0. The Hall–Kier alpha value is -0.830. The molecule has 1 aromatic rings. The summed E-state index contributed by atoms with van der Waals surface area (Å²) in [5.74, 6) is 0.222. The Morgan fingerprint density at radius 3 is 2.24 bits per heavy atom. The van der Waals surface area contributed by atoms with E-state index in [1.54, 1.807) is 6.92 Å². The zero-order valence-electron chi connectivity index (χ0n) is 12.1. The third kappa shape index (κ3) is 5.46. The van der Waals surface area contributed by atoms with Gasteiger partial charge in [-0.1, -0.05) is 25.4 Å². The van der Waals surface area contributed by atoms with Crippen LogP contribution in [0.15, 0.2) is 17.0 Å². The van der Waals surface area contributed by atoms with Crippen molar-refractivity contribution < 1.29 is 16.8 Å². The highest BCUT2D eigenvalue weighted by molar-refractivity contribution is 7.92. The number of nitrogens with two attached hydrogens (primary N) is 1. The van der Waals surface area contributed by atoms with Gasteiger partial charge in [-0.15, -0.1) is 0 Å². The second-order valence-corrected chi connectivity index (χ2v) is 9.06. The van der Waals surface area contributed by atoms with Crippen LogP contribution < -0.4 is 9.86 Å². The van der Waals surface area contributed by atoms with Crippen LogP contribution in [-0.2, 0) is 20.0 Å². The Morgan fingerprint density at radius 1 is 1.24 bits per heavy atom.